The summed E-state index contributed by atoms with van der Waals surface area (Å²) < 4.78 is 1.96. The van der Waals surface area contributed by atoms with Gasteiger partial charge < -0.3 is 9.88 Å². The van der Waals surface area contributed by atoms with Crippen molar-refractivity contribution in [2.24, 2.45) is 7.05 Å². The van der Waals surface area contributed by atoms with E-state index in [2.05, 4.69) is 33.7 Å². The molecule has 15 heavy (non-hydrogen) atoms. The Bertz CT molecular complexity index is 464. The van der Waals surface area contributed by atoms with Gasteiger partial charge in [0.05, 0.1) is 6.04 Å². The van der Waals surface area contributed by atoms with Gasteiger partial charge in [-0.2, -0.15) is 0 Å². The summed E-state index contributed by atoms with van der Waals surface area (Å²) >= 11 is 0. The highest BCUT2D eigenvalue weighted by Crippen LogP contribution is 2.32. The molecule has 2 aromatic rings. The Balaban J connectivity index is 1.94. The summed E-state index contributed by atoms with van der Waals surface area (Å²) in [7, 11) is 1.97. The zero-order valence-corrected chi connectivity index (χ0v) is 8.51. The van der Waals surface area contributed by atoms with Gasteiger partial charge in [-0.3, -0.25) is 0 Å². The predicted octanol–water partition coefficient (Wildman–Crippen LogP) is 1.52. The third kappa shape index (κ3) is 1.29. The van der Waals surface area contributed by atoms with Gasteiger partial charge in [-0.25, -0.2) is 0 Å². The van der Waals surface area contributed by atoms with Gasteiger partial charge in [0.1, 0.15) is 6.33 Å². The van der Waals surface area contributed by atoms with Gasteiger partial charge in [0.25, 0.3) is 0 Å². The van der Waals surface area contributed by atoms with E-state index in [0.717, 1.165) is 12.2 Å². The van der Waals surface area contributed by atoms with E-state index in [1.54, 1.807) is 6.33 Å². The van der Waals surface area contributed by atoms with E-state index < -0.39 is 0 Å². The van der Waals surface area contributed by atoms with Crippen LogP contribution in [0.1, 0.15) is 17.4 Å². The van der Waals surface area contributed by atoms with Crippen molar-refractivity contribution >= 4 is 5.69 Å². The first-order valence-electron chi connectivity index (χ1n) is 5.03. The number of fused-ring (bicyclic) bond motifs is 1. The predicted molar refractivity (Wildman–Crippen MR) is 57.5 cm³/mol. The smallest absolute Gasteiger partial charge is 0.155 e. The molecule has 1 N–H and O–H groups in total. The van der Waals surface area contributed by atoms with Gasteiger partial charge in [0.2, 0.25) is 0 Å². The van der Waals surface area contributed by atoms with Crippen molar-refractivity contribution in [2.75, 3.05) is 5.32 Å². The second kappa shape index (κ2) is 3.08. The van der Waals surface area contributed by atoms with Crippen molar-refractivity contribution in [3.8, 4) is 0 Å². The molecular weight excluding hydrogens is 188 g/mol. The molecule has 2 heterocycles. The molecule has 0 amide bonds. The second-order valence-corrected chi connectivity index (χ2v) is 3.86. The first-order chi connectivity index (χ1) is 7.34. The van der Waals surface area contributed by atoms with Crippen molar-refractivity contribution in [3.63, 3.8) is 0 Å². The van der Waals surface area contributed by atoms with E-state index in [0.29, 0.717) is 0 Å². The molecule has 0 bridgehead atoms. The van der Waals surface area contributed by atoms with E-state index in [1.807, 2.05) is 17.7 Å². The lowest BCUT2D eigenvalue weighted by Gasteiger charge is -2.09. The molecule has 0 saturated carbocycles. The lowest BCUT2D eigenvalue weighted by molar-refractivity contribution is 0.691. The normalized spacial score (nSPS) is 18.6. The maximum absolute atomic E-state index is 4.13. The van der Waals surface area contributed by atoms with E-state index >= 15 is 0 Å². The lowest BCUT2D eigenvalue weighted by atomic mass is 10.1. The van der Waals surface area contributed by atoms with Crippen LogP contribution in [0.15, 0.2) is 30.6 Å². The van der Waals surface area contributed by atoms with Crippen LogP contribution in [0, 0.1) is 0 Å². The minimum Gasteiger partial charge on any atom is -0.375 e. The quantitative estimate of drug-likeness (QED) is 0.759. The molecule has 1 aliphatic rings. The summed E-state index contributed by atoms with van der Waals surface area (Å²) in [6.07, 6.45) is 2.72. The van der Waals surface area contributed by atoms with Gasteiger partial charge in [-0.05, 0) is 11.6 Å². The van der Waals surface area contributed by atoms with Crippen LogP contribution >= 0.6 is 0 Å². The van der Waals surface area contributed by atoms with Crippen molar-refractivity contribution in [1.82, 2.24) is 14.8 Å². The zero-order chi connectivity index (χ0) is 10.3. The van der Waals surface area contributed by atoms with Crippen LogP contribution in [0.3, 0.4) is 0 Å². The fourth-order valence-corrected chi connectivity index (χ4v) is 2.06. The molecule has 76 valence electrons. The van der Waals surface area contributed by atoms with E-state index in [4.69, 9.17) is 0 Å². The molecule has 0 aliphatic carbocycles. The fraction of sp³-hybridized carbons (Fsp3) is 0.273. The highest BCUT2D eigenvalue weighted by Gasteiger charge is 2.24. The molecule has 0 fully saturated rings. The van der Waals surface area contributed by atoms with Gasteiger partial charge in [0.15, 0.2) is 5.82 Å². The maximum atomic E-state index is 4.13. The highest BCUT2D eigenvalue weighted by atomic mass is 15.3. The summed E-state index contributed by atoms with van der Waals surface area (Å²) in [6.45, 7) is 0. The second-order valence-electron chi connectivity index (χ2n) is 3.86. The third-order valence-corrected chi connectivity index (χ3v) is 2.83. The SMILES string of the molecule is Cn1cnnc1C1Cc2ccccc2N1. The van der Waals surface area contributed by atoms with E-state index in [-0.39, 0.29) is 6.04 Å². The number of rotatable bonds is 1. The monoisotopic (exact) mass is 200 g/mol. The molecule has 0 spiro atoms. The van der Waals surface area contributed by atoms with Gasteiger partial charge in [0, 0.05) is 19.2 Å². The molecule has 4 nitrogen and oxygen atoms in total. The van der Waals surface area contributed by atoms with Crippen LogP contribution in [0.25, 0.3) is 0 Å². The molecule has 1 aromatic carbocycles. The first kappa shape index (κ1) is 8.47. The number of anilines is 1. The summed E-state index contributed by atoms with van der Waals surface area (Å²) in [5.41, 5.74) is 2.57. The topological polar surface area (TPSA) is 42.7 Å². The number of hydrogen-bond donors (Lipinski definition) is 1. The van der Waals surface area contributed by atoms with Crippen LogP contribution in [0.4, 0.5) is 5.69 Å². The summed E-state index contributed by atoms with van der Waals surface area (Å²) in [5.74, 6) is 0.992. The summed E-state index contributed by atoms with van der Waals surface area (Å²) in [4.78, 5) is 0. The van der Waals surface area contributed by atoms with Crippen LogP contribution in [-0.4, -0.2) is 14.8 Å². The molecule has 1 atom stereocenters. The summed E-state index contributed by atoms with van der Waals surface area (Å²) in [6, 6.07) is 8.63. The highest BCUT2D eigenvalue weighted by molar-refractivity contribution is 5.57. The third-order valence-electron chi connectivity index (χ3n) is 2.83. The average Bonchev–Trinajstić information content (AvgIpc) is 2.82. The molecule has 1 aliphatic heterocycles. The Kier molecular flexibility index (Phi) is 1.74. The van der Waals surface area contributed by atoms with Gasteiger partial charge in [-0.15, -0.1) is 10.2 Å². The van der Waals surface area contributed by atoms with Crippen molar-refractivity contribution < 1.29 is 0 Å². The average molecular weight is 200 g/mol. The minimum absolute atomic E-state index is 0.259. The Morgan fingerprint density at radius 1 is 1.40 bits per heavy atom. The van der Waals surface area contributed by atoms with Crippen molar-refractivity contribution in [3.05, 3.63) is 42.0 Å². The van der Waals surface area contributed by atoms with Crippen LogP contribution < -0.4 is 5.32 Å². The first-order valence-corrected chi connectivity index (χ1v) is 5.03. The molecule has 3 rings (SSSR count). The number of aromatic nitrogens is 3. The number of nitrogens with one attached hydrogen (secondary N) is 1. The fourth-order valence-electron chi connectivity index (χ4n) is 2.06. The van der Waals surface area contributed by atoms with Crippen LogP contribution in [-0.2, 0) is 13.5 Å². The van der Waals surface area contributed by atoms with E-state index in [1.165, 1.54) is 11.3 Å². The number of nitrogens with zero attached hydrogens (tertiary/aromatic N) is 3. The molecular formula is C11H12N4. The number of aryl methyl sites for hydroxylation is 1. The molecule has 0 radical (unpaired) electrons. The summed E-state index contributed by atoms with van der Waals surface area (Å²) in [5, 5.41) is 11.5. The Hall–Kier alpha value is -1.84. The zero-order valence-electron chi connectivity index (χ0n) is 8.51. The minimum atomic E-state index is 0.259. The van der Waals surface area contributed by atoms with Crippen LogP contribution in [0.5, 0.6) is 0 Å². The van der Waals surface area contributed by atoms with Crippen molar-refractivity contribution in [1.29, 1.82) is 0 Å². The Morgan fingerprint density at radius 2 is 2.27 bits per heavy atom. The molecule has 4 heteroatoms. The number of hydrogen-bond acceptors (Lipinski definition) is 3. The van der Waals surface area contributed by atoms with Gasteiger partial charge in [-0.1, -0.05) is 18.2 Å². The number of para-hydroxylation sites is 1. The standard InChI is InChI=1S/C11H12N4/c1-15-7-12-14-11(15)10-6-8-4-2-3-5-9(8)13-10/h2-5,7,10,13H,6H2,1H3. The van der Waals surface area contributed by atoms with Gasteiger partial charge >= 0.3 is 0 Å². The number of benzene rings is 1. The molecule has 0 saturated heterocycles. The molecule has 1 aromatic heterocycles. The largest absolute Gasteiger partial charge is 0.375 e. The maximum Gasteiger partial charge on any atom is 0.155 e. The van der Waals surface area contributed by atoms with Crippen LogP contribution in [0.2, 0.25) is 0 Å². The molecule has 1 unspecified atom stereocenters. The van der Waals surface area contributed by atoms with Crippen molar-refractivity contribution in [2.45, 2.75) is 12.5 Å². The Morgan fingerprint density at radius 3 is 3.00 bits per heavy atom. The lowest BCUT2D eigenvalue weighted by Crippen LogP contribution is -2.11. The van der Waals surface area contributed by atoms with E-state index in [9.17, 15) is 0 Å². The Labute approximate surface area is 88.0 Å².